The first-order valence-corrected chi connectivity index (χ1v) is 11.8. The molecule has 0 N–H and O–H groups in total. The van der Waals surface area contributed by atoms with E-state index in [0.29, 0.717) is 11.8 Å². The number of rotatable bonds is 2. The number of alkyl halides is 2. The summed E-state index contributed by atoms with van der Waals surface area (Å²) in [7, 11) is 0. The van der Waals surface area contributed by atoms with Crippen LogP contribution in [0, 0.1) is 0 Å². The minimum atomic E-state index is 0.517. The molecule has 0 fully saturated rings. The lowest BCUT2D eigenvalue weighted by Gasteiger charge is -2.13. The molecule has 32 heavy (non-hydrogen) atoms. The smallest absolute Gasteiger partial charge is 0.0486 e. The number of hydrogen-bond donors (Lipinski definition) is 0. The third-order valence-electron chi connectivity index (χ3n) is 6.04. The number of fused-ring (bicyclic) bond motifs is 4. The molecular weight excluding hydrogens is 431 g/mol. The van der Waals surface area contributed by atoms with E-state index < -0.39 is 0 Å². The molecule has 0 aromatic heterocycles. The Balaban J connectivity index is 0.000000139. The van der Waals surface area contributed by atoms with Crippen LogP contribution in [0.1, 0.15) is 11.1 Å². The van der Waals surface area contributed by atoms with Crippen LogP contribution >= 0.6 is 23.2 Å². The van der Waals surface area contributed by atoms with Crippen LogP contribution in [0.3, 0.4) is 0 Å². The summed E-state index contributed by atoms with van der Waals surface area (Å²) in [6, 6.07) is 38.1. The van der Waals surface area contributed by atoms with Crippen LogP contribution in [0.5, 0.6) is 0 Å². The molecular formula is C30H22Cl2. The van der Waals surface area contributed by atoms with Gasteiger partial charge in [0.1, 0.15) is 0 Å². The number of benzene rings is 6. The minimum absolute atomic E-state index is 0.517. The van der Waals surface area contributed by atoms with Crippen molar-refractivity contribution < 1.29 is 0 Å². The maximum Gasteiger partial charge on any atom is 0.0486 e. The van der Waals surface area contributed by atoms with E-state index in [2.05, 4.69) is 84.9 Å². The van der Waals surface area contributed by atoms with Crippen LogP contribution < -0.4 is 0 Å². The summed E-state index contributed by atoms with van der Waals surface area (Å²) in [5.41, 5.74) is 2.38. The van der Waals surface area contributed by atoms with Crippen molar-refractivity contribution in [2.75, 3.05) is 0 Å². The zero-order valence-electron chi connectivity index (χ0n) is 17.6. The van der Waals surface area contributed by atoms with Crippen molar-refractivity contribution >= 4 is 66.3 Å². The van der Waals surface area contributed by atoms with Crippen LogP contribution in [0.4, 0.5) is 0 Å². The van der Waals surface area contributed by atoms with E-state index in [4.69, 9.17) is 23.2 Å². The highest BCUT2D eigenvalue weighted by atomic mass is 35.5. The van der Waals surface area contributed by atoms with E-state index in [9.17, 15) is 0 Å². The molecule has 6 aromatic carbocycles. The van der Waals surface area contributed by atoms with Gasteiger partial charge in [-0.25, -0.2) is 0 Å². The molecule has 0 unspecified atom stereocenters. The van der Waals surface area contributed by atoms with E-state index in [-0.39, 0.29) is 0 Å². The molecule has 6 aromatic rings. The molecule has 0 radical (unpaired) electrons. The molecule has 0 atom stereocenters. The first-order chi connectivity index (χ1) is 15.8. The molecule has 0 aliphatic heterocycles. The summed E-state index contributed by atoms with van der Waals surface area (Å²) in [6.07, 6.45) is 0. The van der Waals surface area contributed by atoms with Gasteiger partial charge < -0.3 is 0 Å². The molecule has 6 rings (SSSR count). The second kappa shape index (κ2) is 9.20. The molecule has 0 heterocycles. The van der Waals surface area contributed by atoms with E-state index in [1.807, 2.05) is 24.3 Å². The lowest BCUT2D eigenvalue weighted by Crippen LogP contribution is -1.92. The Morgan fingerprint density at radius 2 is 0.625 bits per heavy atom. The van der Waals surface area contributed by atoms with E-state index in [0.717, 1.165) is 0 Å². The molecule has 0 saturated heterocycles. The Kier molecular flexibility index (Phi) is 5.99. The summed E-state index contributed by atoms with van der Waals surface area (Å²) in [4.78, 5) is 0. The van der Waals surface area contributed by atoms with Gasteiger partial charge in [-0.15, -0.1) is 23.2 Å². The Bertz CT molecular complexity index is 1330. The van der Waals surface area contributed by atoms with Crippen LogP contribution in [0.15, 0.2) is 109 Å². The van der Waals surface area contributed by atoms with Gasteiger partial charge in [0, 0.05) is 11.8 Å². The molecule has 0 bridgehead atoms. The zero-order chi connectivity index (χ0) is 21.9. The quantitative estimate of drug-likeness (QED) is 0.181. The largest absolute Gasteiger partial charge is 0.122 e. The lowest BCUT2D eigenvalue weighted by atomic mass is 9.93. The molecule has 0 amide bonds. The van der Waals surface area contributed by atoms with Crippen molar-refractivity contribution in [1.29, 1.82) is 0 Å². The third-order valence-corrected chi connectivity index (χ3v) is 6.57. The van der Waals surface area contributed by atoms with Gasteiger partial charge in [0.15, 0.2) is 0 Å². The fourth-order valence-electron chi connectivity index (χ4n) is 4.48. The highest BCUT2D eigenvalue weighted by Gasteiger charge is 2.11. The van der Waals surface area contributed by atoms with Crippen LogP contribution in [0.25, 0.3) is 43.1 Å². The summed E-state index contributed by atoms with van der Waals surface area (Å²) < 4.78 is 0. The molecule has 156 valence electrons. The van der Waals surface area contributed by atoms with Gasteiger partial charge in [0.25, 0.3) is 0 Å². The van der Waals surface area contributed by atoms with Crippen molar-refractivity contribution in [2.45, 2.75) is 11.8 Å². The van der Waals surface area contributed by atoms with Crippen molar-refractivity contribution in [3.05, 3.63) is 120 Å². The molecule has 0 saturated carbocycles. The Morgan fingerprint density at radius 3 is 0.875 bits per heavy atom. The normalized spacial score (nSPS) is 11.1. The predicted molar refractivity (Wildman–Crippen MR) is 142 cm³/mol. The van der Waals surface area contributed by atoms with Crippen molar-refractivity contribution in [1.82, 2.24) is 0 Å². The Labute approximate surface area is 198 Å². The second-order valence-corrected chi connectivity index (χ2v) is 8.40. The van der Waals surface area contributed by atoms with Gasteiger partial charge in [-0.2, -0.15) is 0 Å². The summed E-state index contributed by atoms with van der Waals surface area (Å²) in [5, 5.41) is 10.1. The van der Waals surface area contributed by atoms with Crippen molar-refractivity contribution in [3.8, 4) is 0 Å². The SMILES string of the molecule is ClCc1c2ccccc2c(CCl)c2ccccc12.c1ccc2cc3ccccc3cc2c1. The number of hydrogen-bond acceptors (Lipinski definition) is 0. The highest BCUT2D eigenvalue weighted by molar-refractivity contribution is 6.22. The van der Waals surface area contributed by atoms with Crippen molar-refractivity contribution in [3.63, 3.8) is 0 Å². The number of halogens is 2. The van der Waals surface area contributed by atoms with Crippen LogP contribution in [-0.2, 0) is 11.8 Å². The van der Waals surface area contributed by atoms with Gasteiger partial charge in [-0.1, -0.05) is 97.1 Å². The molecule has 2 heteroatoms. The zero-order valence-corrected chi connectivity index (χ0v) is 19.1. The summed E-state index contributed by atoms with van der Waals surface area (Å²) in [5.74, 6) is 1.03. The third kappa shape index (κ3) is 3.81. The Hall–Kier alpha value is -3.06. The van der Waals surface area contributed by atoms with Gasteiger partial charge in [-0.3, -0.25) is 0 Å². The van der Waals surface area contributed by atoms with Crippen LogP contribution in [-0.4, -0.2) is 0 Å². The highest BCUT2D eigenvalue weighted by Crippen LogP contribution is 2.34. The first-order valence-electron chi connectivity index (χ1n) is 10.7. The maximum atomic E-state index is 6.15. The summed E-state index contributed by atoms with van der Waals surface area (Å²) >= 11 is 12.3. The van der Waals surface area contributed by atoms with E-state index >= 15 is 0 Å². The average molecular weight is 453 g/mol. The fraction of sp³-hybridized carbons (Fsp3) is 0.0667. The fourth-order valence-corrected chi connectivity index (χ4v) is 5.06. The van der Waals surface area contributed by atoms with Crippen LogP contribution in [0.2, 0.25) is 0 Å². The molecule has 0 nitrogen and oxygen atoms in total. The molecule has 0 aliphatic carbocycles. The van der Waals surface area contributed by atoms with Gasteiger partial charge >= 0.3 is 0 Å². The summed E-state index contributed by atoms with van der Waals surface area (Å²) in [6.45, 7) is 0. The predicted octanol–water partition coefficient (Wildman–Crippen LogP) is 9.46. The minimum Gasteiger partial charge on any atom is -0.122 e. The first kappa shape index (κ1) is 20.8. The Morgan fingerprint density at radius 1 is 0.375 bits per heavy atom. The van der Waals surface area contributed by atoms with E-state index in [1.165, 1.54) is 54.2 Å². The maximum absolute atomic E-state index is 6.15. The van der Waals surface area contributed by atoms with E-state index in [1.54, 1.807) is 0 Å². The standard InChI is InChI=1S/C16H12Cl2.C14H10/c17-9-15-11-5-1-2-6-12(11)16(10-18)14-8-4-3-7-13(14)15;1-2-6-12-10-14-8-4-3-7-13(14)9-11(12)5-1/h1-8H,9-10H2;1-10H. The molecule has 0 aliphatic rings. The van der Waals surface area contributed by atoms with Gasteiger partial charge in [-0.05, 0) is 66.3 Å². The molecule has 0 spiro atoms. The van der Waals surface area contributed by atoms with Gasteiger partial charge in [0.2, 0.25) is 0 Å². The topological polar surface area (TPSA) is 0 Å². The van der Waals surface area contributed by atoms with Crippen molar-refractivity contribution in [2.24, 2.45) is 0 Å². The van der Waals surface area contributed by atoms with Gasteiger partial charge in [0.05, 0.1) is 0 Å². The monoisotopic (exact) mass is 452 g/mol. The second-order valence-electron chi connectivity index (χ2n) is 7.86. The lowest BCUT2D eigenvalue weighted by molar-refractivity contribution is 1.44. The average Bonchev–Trinajstić information content (AvgIpc) is 2.86.